The summed E-state index contributed by atoms with van der Waals surface area (Å²) in [6.45, 7) is 24.0. The number of carbonyl (C=O) groups excluding carboxylic acids is 1. The highest BCUT2D eigenvalue weighted by molar-refractivity contribution is 5.66. The predicted molar refractivity (Wildman–Crippen MR) is 150 cm³/mol. The lowest BCUT2D eigenvalue weighted by Gasteiger charge is -2.62. The van der Waals surface area contributed by atoms with Crippen molar-refractivity contribution in [2.24, 2.45) is 45.3 Å². The molecule has 0 bridgehead atoms. The second-order valence-corrected chi connectivity index (χ2v) is 14.8. The average molecular weight is 515 g/mol. The molecule has 0 aromatic carbocycles. The maximum atomic E-state index is 12.1. The Hall–Kier alpha value is -1.13. The fourth-order valence-corrected chi connectivity index (χ4v) is 9.99. The Bertz CT molecular complexity index is 961. The van der Waals surface area contributed by atoms with E-state index in [1.54, 1.807) is 11.1 Å². The van der Waals surface area contributed by atoms with Gasteiger partial charge < -0.3 is 14.9 Å². The summed E-state index contributed by atoms with van der Waals surface area (Å²) in [4.78, 5) is 12.1. The molecule has 2 saturated carbocycles. The molecule has 0 aromatic heterocycles. The molecule has 0 radical (unpaired) electrons. The van der Waals surface area contributed by atoms with Crippen molar-refractivity contribution in [3.63, 3.8) is 0 Å². The Morgan fingerprint density at radius 1 is 0.973 bits per heavy atom. The van der Waals surface area contributed by atoms with Gasteiger partial charge in [-0.25, -0.2) is 0 Å². The zero-order valence-corrected chi connectivity index (χ0v) is 25.1. The second-order valence-electron chi connectivity index (χ2n) is 14.8. The first-order chi connectivity index (χ1) is 17.0. The molecule has 2 fully saturated rings. The summed E-state index contributed by atoms with van der Waals surface area (Å²) in [6.07, 6.45) is 7.16. The summed E-state index contributed by atoms with van der Waals surface area (Å²) in [6, 6.07) is 0. The largest absolute Gasteiger partial charge is 0.459 e. The molecule has 9 atom stereocenters. The smallest absolute Gasteiger partial charge is 0.303 e. The topological polar surface area (TPSA) is 66.8 Å². The third-order valence-electron chi connectivity index (χ3n) is 12.7. The van der Waals surface area contributed by atoms with E-state index in [1.807, 2.05) is 13.8 Å². The Morgan fingerprint density at radius 3 is 2.22 bits per heavy atom. The first kappa shape index (κ1) is 28.9. The van der Waals surface area contributed by atoms with E-state index in [1.165, 1.54) is 6.92 Å². The number of carbonyl (C=O) groups is 1. The number of aliphatic hydroxyl groups excluding tert-OH is 2. The lowest BCUT2D eigenvalue weighted by atomic mass is 9.43. The SMILES string of the molecule is C=C(C(C)C)[C@H](O)[C@H](OC(C)=O)[C@@H](C)[C@H]1CC[C@@]2(C)C3=C(CC[C@]12C)[C@@]1(C)CC[C@@H](O)C(C)(C)[C@@H]1CC3. The molecule has 37 heavy (non-hydrogen) atoms. The molecule has 210 valence electrons. The molecule has 4 heteroatoms. The molecule has 0 aliphatic heterocycles. The van der Waals surface area contributed by atoms with Crippen molar-refractivity contribution in [2.75, 3.05) is 0 Å². The number of fused-ring (bicyclic) bond motifs is 4. The van der Waals surface area contributed by atoms with Gasteiger partial charge in [0.05, 0.1) is 6.10 Å². The highest BCUT2D eigenvalue weighted by atomic mass is 16.6. The van der Waals surface area contributed by atoms with Crippen LogP contribution >= 0.6 is 0 Å². The van der Waals surface area contributed by atoms with Gasteiger partial charge in [0.15, 0.2) is 0 Å². The van der Waals surface area contributed by atoms with Crippen molar-refractivity contribution >= 4 is 5.97 Å². The minimum Gasteiger partial charge on any atom is -0.459 e. The maximum absolute atomic E-state index is 12.1. The normalized spacial score (nSPS) is 41.4. The van der Waals surface area contributed by atoms with E-state index in [-0.39, 0.29) is 45.6 Å². The predicted octanol–water partition coefficient (Wildman–Crippen LogP) is 7.24. The molecular formula is C33H54O4. The summed E-state index contributed by atoms with van der Waals surface area (Å²) < 4.78 is 5.86. The van der Waals surface area contributed by atoms with Crippen LogP contribution in [0.4, 0.5) is 0 Å². The summed E-state index contributed by atoms with van der Waals surface area (Å²) in [5.41, 5.74) is 4.50. The zero-order chi connectivity index (χ0) is 27.7. The van der Waals surface area contributed by atoms with Gasteiger partial charge in [-0.2, -0.15) is 0 Å². The third-order valence-corrected chi connectivity index (χ3v) is 12.7. The van der Waals surface area contributed by atoms with Gasteiger partial charge in [0, 0.05) is 6.92 Å². The van der Waals surface area contributed by atoms with E-state index < -0.39 is 12.2 Å². The van der Waals surface area contributed by atoms with Crippen LogP contribution in [0, 0.1) is 45.3 Å². The summed E-state index contributed by atoms with van der Waals surface area (Å²) >= 11 is 0. The fourth-order valence-electron chi connectivity index (χ4n) is 9.99. The van der Waals surface area contributed by atoms with Crippen molar-refractivity contribution in [3.05, 3.63) is 23.3 Å². The number of aliphatic hydroxyl groups is 2. The van der Waals surface area contributed by atoms with Crippen LogP contribution in [-0.4, -0.2) is 34.5 Å². The van der Waals surface area contributed by atoms with E-state index in [0.29, 0.717) is 11.8 Å². The highest BCUT2D eigenvalue weighted by Gasteiger charge is 2.64. The van der Waals surface area contributed by atoms with Crippen molar-refractivity contribution in [1.29, 1.82) is 0 Å². The monoisotopic (exact) mass is 514 g/mol. The Labute approximate surface area is 226 Å². The molecule has 0 aromatic rings. The second kappa shape index (κ2) is 9.51. The Balaban J connectivity index is 1.69. The fraction of sp³-hybridized carbons (Fsp3) is 0.848. The molecule has 0 spiro atoms. The minimum absolute atomic E-state index is 0.0408. The van der Waals surface area contributed by atoms with Gasteiger partial charge in [-0.05, 0) is 102 Å². The number of rotatable bonds is 6. The Kier molecular flexibility index (Phi) is 7.42. The number of ether oxygens (including phenoxy) is 1. The van der Waals surface area contributed by atoms with Crippen molar-refractivity contribution < 1.29 is 19.7 Å². The van der Waals surface area contributed by atoms with Crippen LogP contribution in [0.1, 0.15) is 114 Å². The van der Waals surface area contributed by atoms with Gasteiger partial charge in [-0.15, -0.1) is 0 Å². The lowest BCUT2D eigenvalue weighted by Crippen LogP contribution is -2.55. The quantitative estimate of drug-likeness (QED) is 0.290. The van der Waals surface area contributed by atoms with Crippen LogP contribution in [0.2, 0.25) is 0 Å². The van der Waals surface area contributed by atoms with Crippen LogP contribution in [0.5, 0.6) is 0 Å². The molecule has 0 saturated heterocycles. The first-order valence-electron chi connectivity index (χ1n) is 15.0. The van der Waals surface area contributed by atoms with Crippen LogP contribution in [0.25, 0.3) is 0 Å². The van der Waals surface area contributed by atoms with Crippen LogP contribution in [0.15, 0.2) is 23.3 Å². The molecule has 0 heterocycles. The van der Waals surface area contributed by atoms with Crippen LogP contribution in [-0.2, 0) is 9.53 Å². The molecule has 4 rings (SSSR count). The summed E-state index contributed by atoms with van der Waals surface area (Å²) in [5, 5.41) is 22.2. The van der Waals surface area contributed by atoms with Gasteiger partial charge in [0.25, 0.3) is 0 Å². The number of hydrogen-bond acceptors (Lipinski definition) is 4. The molecule has 0 unspecified atom stereocenters. The summed E-state index contributed by atoms with van der Waals surface area (Å²) in [7, 11) is 0. The lowest BCUT2D eigenvalue weighted by molar-refractivity contribution is -0.159. The maximum Gasteiger partial charge on any atom is 0.303 e. The van der Waals surface area contributed by atoms with Gasteiger partial charge in [0.1, 0.15) is 12.2 Å². The number of esters is 1. The summed E-state index contributed by atoms with van der Waals surface area (Å²) in [5.74, 6) is 0.721. The zero-order valence-electron chi connectivity index (χ0n) is 25.1. The Morgan fingerprint density at radius 2 is 1.62 bits per heavy atom. The average Bonchev–Trinajstić information content (AvgIpc) is 3.10. The van der Waals surface area contributed by atoms with E-state index in [4.69, 9.17) is 4.74 Å². The van der Waals surface area contributed by atoms with Gasteiger partial charge in [-0.1, -0.05) is 73.1 Å². The molecule has 4 nitrogen and oxygen atoms in total. The van der Waals surface area contributed by atoms with Crippen LogP contribution in [0.3, 0.4) is 0 Å². The van der Waals surface area contributed by atoms with E-state index >= 15 is 0 Å². The molecule has 0 amide bonds. The number of hydrogen-bond donors (Lipinski definition) is 2. The van der Waals surface area contributed by atoms with Crippen molar-refractivity contribution in [1.82, 2.24) is 0 Å². The van der Waals surface area contributed by atoms with Crippen LogP contribution < -0.4 is 0 Å². The van der Waals surface area contributed by atoms with Crippen molar-refractivity contribution in [3.8, 4) is 0 Å². The molecule has 4 aliphatic rings. The van der Waals surface area contributed by atoms with E-state index in [0.717, 1.165) is 56.9 Å². The van der Waals surface area contributed by atoms with E-state index in [9.17, 15) is 15.0 Å². The highest BCUT2D eigenvalue weighted by Crippen LogP contribution is 2.72. The molecule has 2 N–H and O–H groups in total. The molecule has 4 aliphatic carbocycles. The van der Waals surface area contributed by atoms with Gasteiger partial charge in [0.2, 0.25) is 0 Å². The standard InChI is InChI=1S/C33H54O4/c1-19(2)20(3)28(36)29(37-22(5)34)21(4)23-13-17-33(10)25-11-12-26-30(6,7)27(35)15-16-31(26,8)24(25)14-18-32(23,33)9/h19,21,23,26-29,35-36H,3,11-18H2,1-2,4-10H3/t21-,23+,26-,27+,28-,29+,31+,32+,33-/m0/s1. The number of allylic oxidation sites excluding steroid dienone is 2. The third kappa shape index (κ3) is 4.19. The van der Waals surface area contributed by atoms with Crippen molar-refractivity contribution in [2.45, 2.75) is 132 Å². The molecular weight excluding hydrogens is 460 g/mol. The first-order valence-corrected chi connectivity index (χ1v) is 15.0. The van der Waals surface area contributed by atoms with Gasteiger partial charge >= 0.3 is 5.97 Å². The minimum atomic E-state index is -0.849. The van der Waals surface area contributed by atoms with E-state index in [2.05, 4.69) is 48.1 Å². The van der Waals surface area contributed by atoms with Gasteiger partial charge in [-0.3, -0.25) is 4.79 Å².